The normalized spacial score (nSPS) is 13.3. The van der Waals surface area contributed by atoms with Gasteiger partial charge in [0.2, 0.25) is 12.2 Å². The van der Waals surface area contributed by atoms with Crippen LogP contribution < -0.4 is 27.8 Å². The summed E-state index contributed by atoms with van der Waals surface area (Å²) in [5.74, 6) is -0.475. The molecule has 8 nitrogen and oxygen atoms in total. The molecule has 0 bridgehead atoms. The predicted molar refractivity (Wildman–Crippen MR) is 77.7 cm³/mol. The first-order valence-electron chi connectivity index (χ1n) is 6.72. The fourth-order valence-electron chi connectivity index (χ4n) is 1.61. The maximum absolute atomic E-state index is 11.7. The molecule has 0 aromatic heterocycles. The molecule has 0 fully saturated rings. The molecule has 0 saturated carbocycles. The zero-order valence-electron chi connectivity index (χ0n) is 11.7. The standard InChI is InChI=1S/C12H25N6O2/c13-6-2-1-5-10(14)11(20)18-9(8-19)4-3-7-17-12(15)16/h9-10H,1-7,13-14H2,(H,18,20)(H4,15,16,17). The maximum Gasteiger partial charge on any atom is 0.237 e. The van der Waals surface area contributed by atoms with Gasteiger partial charge in [0.1, 0.15) is 0 Å². The third-order valence-corrected chi connectivity index (χ3v) is 2.75. The summed E-state index contributed by atoms with van der Waals surface area (Å²) in [5.41, 5.74) is 16.2. The fraction of sp³-hybridized carbons (Fsp3) is 0.750. The molecule has 0 aliphatic rings. The average Bonchev–Trinajstić information content (AvgIpc) is 2.41. The van der Waals surface area contributed by atoms with E-state index in [2.05, 4.69) is 10.6 Å². The van der Waals surface area contributed by atoms with Crippen LogP contribution in [0.2, 0.25) is 0 Å². The molecular weight excluding hydrogens is 260 g/mol. The summed E-state index contributed by atoms with van der Waals surface area (Å²) in [6.45, 7) is 1.04. The van der Waals surface area contributed by atoms with Crippen molar-refractivity contribution < 1.29 is 9.59 Å². The number of nitrogens with two attached hydrogens (primary N) is 3. The number of carbonyl (C=O) groups excluding carboxylic acids is 2. The highest BCUT2D eigenvalue weighted by atomic mass is 16.2. The monoisotopic (exact) mass is 285 g/mol. The number of rotatable bonds is 11. The van der Waals surface area contributed by atoms with Crippen LogP contribution in [0.25, 0.3) is 0 Å². The van der Waals surface area contributed by atoms with E-state index in [1.54, 1.807) is 6.29 Å². The van der Waals surface area contributed by atoms with E-state index in [4.69, 9.17) is 22.6 Å². The molecule has 9 N–H and O–H groups in total. The van der Waals surface area contributed by atoms with Crippen LogP contribution >= 0.6 is 0 Å². The van der Waals surface area contributed by atoms with Crippen molar-refractivity contribution in [1.82, 2.24) is 10.6 Å². The van der Waals surface area contributed by atoms with E-state index in [9.17, 15) is 9.59 Å². The lowest BCUT2D eigenvalue weighted by Gasteiger charge is -2.16. The molecule has 0 aliphatic heterocycles. The number of carbonyl (C=O) groups is 1. The van der Waals surface area contributed by atoms with E-state index in [1.165, 1.54) is 0 Å². The molecule has 1 radical (unpaired) electrons. The minimum Gasteiger partial charge on any atom is -0.370 e. The first-order chi connectivity index (χ1) is 9.51. The van der Waals surface area contributed by atoms with Gasteiger partial charge in [-0.1, -0.05) is 6.42 Å². The van der Waals surface area contributed by atoms with E-state index in [-0.39, 0.29) is 11.9 Å². The van der Waals surface area contributed by atoms with Gasteiger partial charge >= 0.3 is 0 Å². The summed E-state index contributed by atoms with van der Waals surface area (Å²) < 4.78 is 0. The summed E-state index contributed by atoms with van der Waals surface area (Å²) in [7, 11) is 0. The zero-order chi connectivity index (χ0) is 15.4. The lowest BCUT2D eigenvalue weighted by Crippen LogP contribution is -2.46. The summed E-state index contributed by atoms with van der Waals surface area (Å²) in [5, 5.41) is 12.1. The molecule has 20 heavy (non-hydrogen) atoms. The minimum absolute atomic E-state index is 0.123. The minimum atomic E-state index is -0.684. The molecule has 0 aromatic rings. The molecule has 2 unspecified atom stereocenters. The third kappa shape index (κ3) is 9.29. The lowest BCUT2D eigenvalue weighted by atomic mass is 10.1. The van der Waals surface area contributed by atoms with Gasteiger partial charge in [0.05, 0.1) is 12.1 Å². The Kier molecular flexibility index (Phi) is 10.2. The lowest BCUT2D eigenvalue weighted by molar-refractivity contribution is -0.122. The van der Waals surface area contributed by atoms with Crippen LogP contribution in [0.15, 0.2) is 0 Å². The van der Waals surface area contributed by atoms with Gasteiger partial charge in [0.25, 0.3) is 0 Å². The molecule has 115 valence electrons. The van der Waals surface area contributed by atoms with Crippen molar-refractivity contribution in [2.45, 2.75) is 44.2 Å². The van der Waals surface area contributed by atoms with Crippen LogP contribution in [0.3, 0.4) is 0 Å². The predicted octanol–water partition coefficient (Wildman–Crippen LogP) is -1.70. The molecule has 0 spiro atoms. The van der Waals surface area contributed by atoms with Crippen LogP contribution in [0.4, 0.5) is 0 Å². The van der Waals surface area contributed by atoms with Crippen LogP contribution in [-0.4, -0.2) is 43.3 Å². The van der Waals surface area contributed by atoms with E-state index in [0.717, 1.165) is 12.8 Å². The van der Waals surface area contributed by atoms with Crippen molar-refractivity contribution in [3.63, 3.8) is 0 Å². The van der Waals surface area contributed by atoms with E-state index < -0.39 is 12.1 Å². The van der Waals surface area contributed by atoms with Crippen molar-refractivity contribution in [2.75, 3.05) is 13.1 Å². The Morgan fingerprint density at radius 3 is 2.50 bits per heavy atom. The van der Waals surface area contributed by atoms with Gasteiger partial charge in [0.15, 0.2) is 5.96 Å². The molecule has 0 rings (SSSR count). The van der Waals surface area contributed by atoms with E-state index in [1.807, 2.05) is 0 Å². The van der Waals surface area contributed by atoms with Crippen molar-refractivity contribution in [3.05, 3.63) is 0 Å². The number of hydrogen-bond acceptors (Lipinski definition) is 5. The Hall–Kier alpha value is -1.67. The highest BCUT2D eigenvalue weighted by molar-refractivity contribution is 5.84. The Morgan fingerprint density at radius 2 is 1.95 bits per heavy atom. The number of amides is 1. The molecule has 8 heteroatoms. The van der Waals surface area contributed by atoms with Gasteiger partial charge in [0, 0.05) is 6.54 Å². The van der Waals surface area contributed by atoms with E-state index in [0.29, 0.717) is 32.4 Å². The van der Waals surface area contributed by atoms with Gasteiger partial charge in [-0.2, -0.15) is 0 Å². The van der Waals surface area contributed by atoms with Gasteiger partial charge in [-0.25, -0.2) is 0 Å². The smallest absolute Gasteiger partial charge is 0.237 e. The Morgan fingerprint density at radius 1 is 1.25 bits per heavy atom. The van der Waals surface area contributed by atoms with Crippen LogP contribution in [0.5, 0.6) is 0 Å². The topological polar surface area (TPSA) is 160 Å². The summed E-state index contributed by atoms with van der Waals surface area (Å²) in [6.07, 6.45) is 4.92. The maximum atomic E-state index is 11.7. The van der Waals surface area contributed by atoms with Crippen molar-refractivity contribution >= 4 is 18.2 Å². The first-order valence-corrected chi connectivity index (χ1v) is 6.72. The van der Waals surface area contributed by atoms with Crippen LogP contribution in [0.1, 0.15) is 32.1 Å². The summed E-state index contributed by atoms with van der Waals surface area (Å²) in [6, 6.07) is -1.32. The second-order valence-electron chi connectivity index (χ2n) is 4.55. The highest BCUT2D eigenvalue weighted by Crippen LogP contribution is 2.00. The molecule has 0 aliphatic carbocycles. The molecule has 0 heterocycles. The largest absolute Gasteiger partial charge is 0.370 e. The van der Waals surface area contributed by atoms with Gasteiger partial charge in [-0.3, -0.25) is 15.0 Å². The number of unbranched alkanes of at least 4 members (excludes halogenated alkanes) is 1. The SMILES string of the molecule is N=C(N)NCCCC([C]=O)NC(=O)C(N)CCCCN. The second-order valence-corrected chi connectivity index (χ2v) is 4.55. The van der Waals surface area contributed by atoms with Crippen LogP contribution in [-0.2, 0) is 9.59 Å². The number of nitrogens with one attached hydrogen (secondary N) is 3. The first kappa shape index (κ1) is 18.3. The van der Waals surface area contributed by atoms with Crippen molar-refractivity contribution in [3.8, 4) is 0 Å². The quantitative estimate of drug-likeness (QED) is 0.151. The molecular formula is C12H25N6O2. The van der Waals surface area contributed by atoms with Gasteiger partial charge < -0.3 is 27.8 Å². The molecule has 0 aromatic carbocycles. The highest BCUT2D eigenvalue weighted by Gasteiger charge is 2.17. The Balaban J connectivity index is 3.92. The van der Waals surface area contributed by atoms with Crippen molar-refractivity contribution in [1.29, 1.82) is 5.41 Å². The summed E-state index contributed by atoms with van der Waals surface area (Å²) in [4.78, 5) is 22.5. The van der Waals surface area contributed by atoms with Gasteiger partial charge in [-0.15, -0.1) is 0 Å². The second kappa shape index (κ2) is 11.2. The summed E-state index contributed by atoms with van der Waals surface area (Å²) >= 11 is 0. The molecule has 2 atom stereocenters. The Bertz CT molecular complexity index is 310. The average molecular weight is 285 g/mol. The zero-order valence-corrected chi connectivity index (χ0v) is 11.7. The van der Waals surface area contributed by atoms with E-state index >= 15 is 0 Å². The number of hydrogen-bond donors (Lipinski definition) is 6. The third-order valence-electron chi connectivity index (χ3n) is 2.75. The Labute approximate surface area is 119 Å². The van der Waals surface area contributed by atoms with Crippen LogP contribution in [0, 0.1) is 5.41 Å². The fourth-order valence-corrected chi connectivity index (χ4v) is 1.61. The molecule has 0 saturated heterocycles. The van der Waals surface area contributed by atoms with Gasteiger partial charge in [-0.05, 0) is 32.2 Å². The number of guanidine groups is 1. The van der Waals surface area contributed by atoms with Crippen molar-refractivity contribution in [2.24, 2.45) is 17.2 Å². The molecule has 1 amide bonds.